The van der Waals surface area contributed by atoms with Gasteiger partial charge in [0.2, 0.25) is 5.71 Å². The van der Waals surface area contributed by atoms with Crippen LogP contribution in [0, 0.1) is 24.0 Å². The van der Waals surface area contributed by atoms with Crippen molar-refractivity contribution in [2.24, 2.45) is 11.8 Å². The normalized spacial score (nSPS) is 13.5. The minimum Gasteiger partial charge on any atom is -0.486 e. The van der Waals surface area contributed by atoms with Gasteiger partial charge in [-0.15, -0.1) is 54.1 Å². The molecule has 7 heteroatoms. The molecule has 60 heavy (non-hydrogen) atoms. The van der Waals surface area contributed by atoms with E-state index >= 15 is 0 Å². The fraction of sp³-hybridized carbons (Fsp3) is 0.264. The monoisotopic (exact) mass is 982 g/mol. The number of hydrogen-bond donors (Lipinski definition) is 0. The minimum atomic E-state index is -1.34. The Labute approximate surface area is 368 Å². The van der Waals surface area contributed by atoms with E-state index < -0.39 is 8.07 Å². The van der Waals surface area contributed by atoms with Gasteiger partial charge < -0.3 is 18.8 Å². The molecular formula is C53H51IrN3O2Si-2. The number of nitrogens with zero attached hydrogens (tertiary/aromatic N) is 3. The van der Waals surface area contributed by atoms with Crippen LogP contribution in [0.25, 0.3) is 77.8 Å². The number of fused-ring (bicyclic) bond motifs is 6. The van der Waals surface area contributed by atoms with Crippen molar-refractivity contribution in [2.75, 3.05) is 0 Å². The molecule has 0 amide bonds. The molecule has 305 valence electrons. The Bertz CT molecular complexity index is 2900. The number of para-hydroxylation sites is 2. The molecule has 0 bridgehead atoms. The Hall–Kier alpha value is -5.20. The summed E-state index contributed by atoms with van der Waals surface area (Å²) < 4.78 is 12.7. The summed E-state index contributed by atoms with van der Waals surface area (Å²) in [5, 5.41) is 5.70. The van der Waals surface area contributed by atoms with Crippen LogP contribution in [0.2, 0.25) is 19.6 Å². The van der Waals surface area contributed by atoms with E-state index in [0.717, 1.165) is 90.8 Å². The molecule has 0 atom stereocenters. The summed E-state index contributed by atoms with van der Waals surface area (Å²) >= 11 is 0. The van der Waals surface area contributed by atoms with Crippen molar-refractivity contribution in [3.63, 3.8) is 0 Å². The maximum Gasteiger partial charge on any atom is 0.216 e. The van der Waals surface area contributed by atoms with Gasteiger partial charge in [0.15, 0.2) is 0 Å². The summed E-state index contributed by atoms with van der Waals surface area (Å²) in [6.45, 7) is 11.7. The van der Waals surface area contributed by atoms with Crippen molar-refractivity contribution in [1.29, 1.82) is 0 Å². The van der Waals surface area contributed by atoms with E-state index in [1.165, 1.54) is 48.4 Å². The Morgan fingerprint density at radius 1 is 0.700 bits per heavy atom. The van der Waals surface area contributed by atoms with Gasteiger partial charge in [0.05, 0.1) is 19.4 Å². The van der Waals surface area contributed by atoms with E-state index in [1.54, 1.807) is 0 Å². The van der Waals surface area contributed by atoms with Gasteiger partial charge in [-0.2, -0.15) is 0 Å². The summed E-state index contributed by atoms with van der Waals surface area (Å²) in [5.74, 6) is 1.44. The standard InChI is InChI=1S/C35H27N2O2.C18H24NSi.Ir/c1-2-8-22(9-3-1)20-23-18-19-36-31(21-23)29-14-7-12-26-27-16-17-30(37-35(27)39-34(26)29)28-13-6-11-25-24-10-4-5-15-32(24)38-33(25)28;1-14(2)11-16-12-17(15-9-7-6-8-10-15)19-13-18(16)20(3,4)5;/h4-7,10-13,15-19,21-22H,1-3,8-9,20H2;6-9,12-14H,11H2,1-5H3;/q2*-1;. The Morgan fingerprint density at radius 3 is 2.30 bits per heavy atom. The third-order valence-corrected chi connectivity index (χ3v) is 13.8. The van der Waals surface area contributed by atoms with Gasteiger partial charge in [0.1, 0.15) is 11.2 Å². The van der Waals surface area contributed by atoms with Crippen LogP contribution in [0.4, 0.5) is 0 Å². The number of rotatable bonds is 8. The van der Waals surface area contributed by atoms with E-state index in [2.05, 4.69) is 124 Å². The Kier molecular flexibility index (Phi) is 12.3. The largest absolute Gasteiger partial charge is 0.486 e. The fourth-order valence-corrected chi connectivity index (χ4v) is 10.4. The molecule has 1 saturated carbocycles. The quantitative estimate of drug-likeness (QED) is 0.112. The second-order valence-electron chi connectivity index (χ2n) is 17.6. The van der Waals surface area contributed by atoms with Crippen molar-refractivity contribution in [3.8, 4) is 33.8 Å². The topological polar surface area (TPSA) is 65.0 Å². The minimum absolute atomic E-state index is 0. The van der Waals surface area contributed by atoms with E-state index in [9.17, 15) is 0 Å². The number of hydrogen-bond acceptors (Lipinski definition) is 5. The van der Waals surface area contributed by atoms with Gasteiger partial charge in [-0.1, -0.05) is 130 Å². The zero-order valence-electron chi connectivity index (χ0n) is 35.1. The van der Waals surface area contributed by atoms with Gasteiger partial charge >= 0.3 is 0 Å². The third kappa shape index (κ3) is 8.67. The van der Waals surface area contributed by atoms with Gasteiger partial charge in [0, 0.05) is 54.2 Å². The molecule has 1 aliphatic rings. The maximum atomic E-state index is 6.45. The van der Waals surface area contributed by atoms with Crippen molar-refractivity contribution in [3.05, 3.63) is 145 Å². The van der Waals surface area contributed by atoms with E-state index in [1.807, 2.05) is 48.7 Å². The average molecular weight is 982 g/mol. The van der Waals surface area contributed by atoms with E-state index in [-0.39, 0.29) is 20.1 Å². The van der Waals surface area contributed by atoms with Crippen LogP contribution in [0.3, 0.4) is 0 Å². The van der Waals surface area contributed by atoms with E-state index in [0.29, 0.717) is 11.6 Å². The van der Waals surface area contributed by atoms with Crippen molar-refractivity contribution in [1.82, 2.24) is 15.0 Å². The molecule has 0 saturated heterocycles. The zero-order valence-corrected chi connectivity index (χ0v) is 38.5. The number of furan rings is 2. The third-order valence-electron chi connectivity index (χ3n) is 11.7. The first kappa shape index (κ1) is 41.5. The second kappa shape index (κ2) is 17.8. The van der Waals surface area contributed by atoms with Crippen LogP contribution >= 0.6 is 0 Å². The predicted molar refractivity (Wildman–Crippen MR) is 247 cm³/mol. The maximum absolute atomic E-state index is 6.45. The molecule has 0 unspecified atom stereocenters. The summed E-state index contributed by atoms with van der Waals surface area (Å²) in [5.41, 5.74) is 11.6. The molecule has 5 aromatic heterocycles. The summed E-state index contributed by atoms with van der Waals surface area (Å²) in [4.78, 5) is 14.4. The molecule has 1 radical (unpaired) electrons. The van der Waals surface area contributed by atoms with Crippen LogP contribution in [0.15, 0.2) is 130 Å². The molecule has 0 N–H and O–H groups in total. The molecule has 10 rings (SSSR count). The molecule has 0 spiro atoms. The van der Waals surface area contributed by atoms with Crippen LogP contribution in [0.1, 0.15) is 57.1 Å². The van der Waals surface area contributed by atoms with Crippen molar-refractivity contribution in [2.45, 2.75) is 78.4 Å². The first-order chi connectivity index (χ1) is 28.7. The number of pyridine rings is 3. The molecule has 5 heterocycles. The van der Waals surface area contributed by atoms with Crippen molar-refractivity contribution >= 4 is 57.3 Å². The smallest absolute Gasteiger partial charge is 0.216 e. The molecule has 9 aromatic rings. The second-order valence-corrected chi connectivity index (χ2v) is 22.7. The molecule has 4 aromatic carbocycles. The average Bonchev–Trinajstić information content (AvgIpc) is 3.82. The Balaban J connectivity index is 0.000000202. The van der Waals surface area contributed by atoms with Gasteiger partial charge in [-0.25, -0.2) is 4.98 Å². The predicted octanol–water partition coefficient (Wildman–Crippen LogP) is 13.8. The van der Waals surface area contributed by atoms with Crippen molar-refractivity contribution < 1.29 is 28.9 Å². The van der Waals surface area contributed by atoms with Gasteiger partial charge in [0.25, 0.3) is 0 Å². The first-order valence-electron chi connectivity index (χ1n) is 21.3. The number of aromatic nitrogens is 3. The summed E-state index contributed by atoms with van der Waals surface area (Å²) in [7, 11) is -1.34. The van der Waals surface area contributed by atoms with Crippen LogP contribution in [-0.2, 0) is 32.9 Å². The SMILES string of the molecule is CC(C)Cc1cc(-c2[c-]cccc2)ncc1[Si](C)(C)C.[Ir].[c-]1ccc2c(oc3nc(-c4cccc5c4oc4ccccc45)ccc32)c1-c1cc(CC2CCCCC2)ccn1. The molecule has 1 fully saturated rings. The molecular weight excluding hydrogens is 931 g/mol. The molecule has 1 aliphatic carbocycles. The molecule has 0 aliphatic heterocycles. The summed E-state index contributed by atoms with van der Waals surface area (Å²) in [6, 6.07) is 43.9. The van der Waals surface area contributed by atoms with E-state index in [4.69, 9.17) is 18.8 Å². The molecule has 5 nitrogen and oxygen atoms in total. The number of benzene rings is 4. The first-order valence-corrected chi connectivity index (χ1v) is 24.8. The van der Waals surface area contributed by atoms with Gasteiger partial charge in [-0.05, 0) is 71.6 Å². The van der Waals surface area contributed by atoms with Gasteiger partial charge in [-0.3, -0.25) is 0 Å². The fourth-order valence-electron chi connectivity index (χ4n) is 8.86. The van der Waals surface area contributed by atoms with Crippen LogP contribution < -0.4 is 5.19 Å². The Morgan fingerprint density at radius 2 is 1.50 bits per heavy atom. The van der Waals surface area contributed by atoms with Crippen LogP contribution in [-0.4, -0.2) is 23.0 Å². The zero-order chi connectivity index (χ0) is 40.5. The summed E-state index contributed by atoms with van der Waals surface area (Å²) in [6.07, 6.45) is 13.0. The van der Waals surface area contributed by atoms with Crippen LogP contribution in [0.5, 0.6) is 0 Å².